The predicted molar refractivity (Wildman–Crippen MR) is 65.3 cm³/mol. The Hall–Kier alpha value is 0.177. The van der Waals surface area contributed by atoms with Gasteiger partial charge in [-0.2, -0.15) is 0 Å². The van der Waals surface area contributed by atoms with Crippen molar-refractivity contribution in [3.05, 3.63) is 0 Å². The lowest BCUT2D eigenvalue weighted by molar-refractivity contribution is 0.755. The summed E-state index contributed by atoms with van der Waals surface area (Å²) in [6, 6.07) is 3.11. The van der Waals surface area contributed by atoms with Crippen LogP contribution in [0.3, 0.4) is 0 Å². The Morgan fingerprint density at radius 2 is 1.77 bits per heavy atom. The van der Waals surface area contributed by atoms with Crippen molar-refractivity contribution < 1.29 is 0 Å². The van der Waals surface area contributed by atoms with Gasteiger partial charge < -0.3 is 5.32 Å². The molecule has 13 heavy (non-hydrogen) atoms. The van der Waals surface area contributed by atoms with E-state index in [2.05, 4.69) is 33.1 Å². The molecule has 1 unspecified atom stereocenters. The molecule has 0 bridgehead atoms. The third-order valence-corrected chi connectivity index (χ3v) is 7.06. The molecular weight excluding hydrogens is 174 g/mol. The zero-order valence-electron chi connectivity index (χ0n) is 9.90. The Labute approximate surface area is 85.9 Å². The van der Waals surface area contributed by atoms with Crippen molar-refractivity contribution in [2.45, 2.75) is 57.7 Å². The van der Waals surface area contributed by atoms with Gasteiger partial charge in [0, 0.05) is 8.80 Å². The summed E-state index contributed by atoms with van der Waals surface area (Å²) in [5.74, 6) is 0. The number of hydrogen-bond donors (Lipinski definition) is 1. The molecular formula is C11H27NSi. The van der Waals surface area contributed by atoms with Crippen molar-refractivity contribution in [2.75, 3.05) is 13.6 Å². The fourth-order valence-electron chi connectivity index (χ4n) is 1.82. The van der Waals surface area contributed by atoms with E-state index in [0.717, 1.165) is 5.54 Å². The maximum atomic E-state index is 3.24. The van der Waals surface area contributed by atoms with Crippen LogP contribution in [0.25, 0.3) is 0 Å². The van der Waals surface area contributed by atoms with Crippen LogP contribution in [0.4, 0.5) is 0 Å². The van der Waals surface area contributed by atoms with Crippen LogP contribution in [0, 0.1) is 0 Å². The van der Waals surface area contributed by atoms with E-state index in [1.54, 1.807) is 12.1 Å². The Morgan fingerprint density at radius 3 is 2.23 bits per heavy atom. The summed E-state index contributed by atoms with van der Waals surface area (Å²) >= 11 is 0. The second-order valence-corrected chi connectivity index (χ2v) is 8.40. The summed E-state index contributed by atoms with van der Waals surface area (Å²) in [5, 5.41) is 3.24. The molecule has 0 aromatic heterocycles. The van der Waals surface area contributed by atoms with Gasteiger partial charge in [0.15, 0.2) is 0 Å². The fraction of sp³-hybridized carbons (Fsp3) is 1.00. The van der Waals surface area contributed by atoms with E-state index in [0.29, 0.717) is 0 Å². The van der Waals surface area contributed by atoms with Crippen molar-refractivity contribution >= 4 is 8.80 Å². The second kappa shape index (κ2) is 8.76. The molecule has 0 aliphatic heterocycles. The first-order valence-corrected chi connectivity index (χ1v) is 8.16. The SMILES string of the molecule is CCCC[SiH](CCCNC)C(C)C. The lowest BCUT2D eigenvalue weighted by Gasteiger charge is -2.18. The van der Waals surface area contributed by atoms with Gasteiger partial charge in [0.25, 0.3) is 0 Å². The average Bonchev–Trinajstić information content (AvgIpc) is 2.10. The smallest absolute Gasteiger partial charge is 0.0394 e. The highest BCUT2D eigenvalue weighted by atomic mass is 28.3. The molecule has 0 aromatic carbocycles. The number of hydrogen-bond acceptors (Lipinski definition) is 1. The molecule has 0 heterocycles. The van der Waals surface area contributed by atoms with Gasteiger partial charge in [-0.3, -0.25) is 0 Å². The lowest BCUT2D eigenvalue weighted by atomic mass is 10.4. The van der Waals surface area contributed by atoms with Gasteiger partial charge in [-0.05, 0) is 20.0 Å². The van der Waals surface area contributed by atoms with E-state index in [1.807, 2.05) is 0 Å². The molecule has 0 aromatic rings. The molecule has 0 aliphatic carbocycles. The van der Waals surface area contributed by atoms with E-state index in [9.17, 15) is 0 Å². The number of rotatable bonds is 8. The molecule has 0 radical (unpaired) electrons. The summed E-state index contributed by atoms with van der Waals surface area (Å²) in [4.78, 5) is 0. The van der Waals surface area contributed by atoms with E-state index in [1.165, 1.54) is 25.8 Å². The molecule has 0 saturated carbocycles. The molecule has 0 fully saturated rings. The van der Waals surface area contributed by atoms with Gasteiger partial charge in [-0.25, -0.2) is 0 Å². The third kappa shape index (κ3) is 7.26. The monoisotopic (exact) mass is 201 g/mol. The van der Waals surface area contributed by atoms with Crippen molar-refractivity contribution in [3.8, 4) is 0 Å². The van der Waals surface area contributed by atoms with Crippen molar-refractivity contribution in [3.63, 3.8) is 0 Å². The van der Waals surface area contributed by atoms with E-state index < -0.39 is 8.80 Å². The number of unbranched alkanes of at least 4 members (excludes halogenated alkanes) is 1. The summed E-state index contributed by atoms with van der Waals surface area (Å²) in [5.41, 5.74) is 1.00. The van der Waals surface area contributed by atoms with Crippen LogP contribution in [-0.4, -0.2) is 22.4 Å². The van der Waals surface area contributed by atoms with Crippen molar-refractivity contribution in [1.82, 2.24) is 5.32 Å². The molecule has 0 rings (SSSR count). The zero-order chi connectivity index (χ0) is 10.1. The molecule has 80 valence electrons. The summed E-state index contributed by atoms with van der Waals surface area (Å²) in [7, 11) is 1.66. The quantitative estimate of drug-likeness (QED) is 0.470. The Morgan fingerprint density at radius 1 is 1.15 bits per heavy atom. The van der Waals surface area contributed by atoms with Crippen LogP contribution in [0.1, 0.15) is 40.0 Å². The normalized spacial score (nSPS) is 13.6. The first-order chi connectivity index (χ1) is 6.22. The lowest BCUT2D eigenvalue weighted by Crippen LogP contribution is -2.19. The number of nitrogens with one attached hydrogen (secondary N) is 1. The molecule has 0 saturated heterocycles. The van der Waals surface area contributed by atoms with Gasteiger partial charge in [0.1, 0.15) is 0 Å². The van der Waals surface area contributed by atoms with Gasteiger partial charge in [-0.1, -0.05) is 51.2 Å². The molecule has 1 nitrogen and oxygen atoms in total. The Balaban J connectivity index is 3.54. The minimum atomic E-state index is -0.396. The van der Waals surface area contributed by atoms with E-state index in [-0.39, 0.29) is 0 Å². The first kappa shape index (κ1) is 13.2. The topological polar surface area (TPSA) is 12.0 Å². The Bertz CT molecular complexity index is 104. The molecule has 0 spiro atoms. The minimum absolute atomic E-state index is 0.396. The standard InChI is InChI=1S/C11H27NSi/c1-5-6-9-13(11(2)3)10-7-8-12-4/h11-13H,5-10H2,1-4H3. The summed E-state index contributed by atoms with van der Waals surface area (Å²) < 4.78 is 0. The fourth-order valence-corrected chi connectivity index (χ4v) is 5.10. The highest BCUT2D eigenvalue weighted by Crippen LogP contribution is 2.19. The highest BCUT2D eigenvalue weighted by molar-refractivity contribution is 6.60. The summed E-state index contributed by atoms with van der Waals surface area (Å²) in [6.45, 7) is 8.36. The van der Waals surface area contributed by atoms with Gasteiger partial charge in [0.05, 0.1) is 0 Å². The van der Waals surface area contributed by atoms with Gasteiger partial charge in [0.2, 0.25) is 0 Å². The highest BCUT2D eigenvalue weighted by Gasteiger charge is 2.13. The van der Waals surface area contributed by atoms with Crippen LogP contribution in [0.5, 0.6) is 0 Å². The maximum absolute atomic E-state index is 3.24. The molecule has 0 amide bonds. The Kier molecular flexibility index (Phi) is 8.88. The van der Waals surface area contributed by atoms with Crippen LogP contribution < -0.4 is 5.32 Å². The van der Waals surface area contributed by atoms with Crippen molar-refractivity contribution in [1.29, 1.82) is 0 Å². The molecule has 1 N–H and O–H groups in total. The second-order valence-electron chi connectivity index (χ2n) is 4.39. The predicted octanol–water partition coefficient (Wildman–Crippen LogP) is 3.03. The van der Waals surface area contributed by atoms with Gasteiger partial charge in [-0.15, -0.1) is 0 Å². The largest absolute Gasteiger partial charge is 0.320 e. The average molecular weight is 201 g/mol. The van der Waals surface area contributed by atoms with E-state index in [4.69, 9.17) is 0 Å². The molecule has 2 heteroatoms. The van der Waals surface area contributed by atoms with Crippen LogP contribution in [0.2, 0.25) is 17.6 Å². The first-order valence-electron chi connectivity index (χ1n) is 5.87. The van der Waals surface area contributed by atoms with Crippen LogP contribution >= 0.6 is 0 Å². The zero-order valence-corrected chi connectivity index (χ0v) is 11.1. The van der Waals surface area contributed by atoms with Crippen molar-refractivity contribution in [2.24, 2.45) is 0 Å². The third-order valence-electron chi connectivity index (χ3n) is 2.87. The van der Waals surface area contributed by atoms with E-state index >= 15 is 0 Å². The van der Waals surface area contributed by atoms with Gasteiger partial charge >= 0.3 is 0 Å². The maximum Gasteiger partial charge on any atom is 0.0394 e. The minimum Gasteiger partial charge on any atom is -0.320 e. The van der Waals surface area contributed by atoms with Crippen LogP contribution in [0.15, 0.2) is 0 Å². The molecule has 1 atom stereocenters. The molecule has 0 aliphatic rings. The van der Waals surface area contributed by atoms with Crippen LogP contribution in [-0.2, 0) is 0 Å². The summed E-state index contributed by atoms with van der Waals surface area (Å²) in [6.07, 6.45) is 4.24.